The van der Waals surface area contributed by atoms with E-state index in [-0.39, 0.29) is 19.0 Å². The van der Waals surface area contributed by atoms with Gasteiger partial charge < -0.3 is 28.4 Å². The van der Waals surface area contributed by atoms with Gasteiger partial charge in [-0.25, -0.2) is 4.39 Å². The van der Waals surface area contributed by atoms with Crippen molar-refractivity contribution in [3.8, 4) is 0 Å². The predicted molar refractivity (Wildman–Crippen MR) is 90.5 cm³/mol. The minimum Gasteiger partial charge on any atom is -0.460 e. The van der Waals surface area contributed by atoms with Crippen LogP contribution in [0.4, 0.5) is 4.39 Å². The molecule has 0 radical (unpaired) electrons. The molecule has 150 valence electrons. The molecular weight excluding hydrogens is 335 g/mol. The molecule has 8 heteroatoms. The maximum absolute atomic E-state index is 11.7. The molecule has 0 saturated heterocycles. The Kier molecular flexibility index (Phi) is 16.1. The zero-order valence-electron chi connectivity index (χ0n) is 15.7. The zero-order chi connectivity index (χ0) is 18.8. The molecule has 0 heterocycles. The van der Waals surface area contributed by atoms with E-state index >= 15 is 0 Å². The van der Waals surface area contributed by atoms with Gasteiger partial charge in [0.15, 0.2) is 0 Å². The van der Waals surface area contributed by atoms with Crippen molar-refractivity contribution in [2.24, 2.45) is 0 Å². The summed E-state index contributed by atoms with van der Waals surface area (Å²) >= 11 is 0. The SMILES string of the molecule is CC(C)(C)OC(=O)CCOCCOCCOCCOCCOCCF. The number of rotatable bonds is 17. The summed E-state index contributed by atoms with van der Waals surface area (Å²) in [4.78, 5) is 11.4. The third kappa shape index (κ3) is 21.2. The van der Waals surface area contributed by atoms with Gasteiger partial charge >= 0.3 is 5.97 Å². The topological polar surface area (TPSA) is 72.5 Å². The average Bonchev–Trinajstić information content (AvgIpc) is 2.53. The van der Waals surface area contributed by atoms with Crippen molar-refractivity contribution >= 4 is 5.97 Å². The van der Waals surface area contributed by atoms with E-state index in [1.54, 1.807) is 0 Å². The molecule has 0 aliphatic heterocycles. The van der Waals surface area contributed by atoms with E-state index < -0.39 is 12.3 Å². The lowest BCUT2D eigenvalue weighted by Crippen LogP contribution is -2.24. The van der Waals surface area contributed by atoms with Crippen LogP contribution >= 0.6 is 0 Å². The number of hydrogen-bond acceptors (Lipinski definition) is 7. The number of hydrogen-bond donors (Lipinski definition) is 0. The second-order valence-corrected chi connectivity index (χ2v) is 6.09. The molecule has 0 spiro atoms. The second-order valence-electron chi connectivity index (χ2n) is 6.09. The monoisotopic (exact) mass is 368 g/mol. The highest BCUT2D eigenvalue weighted by atomic mass is 19.1. The van der Waals surface area contributed by atoms with Crippen molar-refractivity contribution < 1.29 is 37.6 Å². The second kappa shape index (κ2) is 16.7. The lowest BCUT2D eigenvalue weighted by Gasteiger charge is -2.19. The molecule has 0 aromatic carbocycles. The normalized spacial score (nSPS) is 11.7. The number of carbonyl (C=O) groups is 1. The van der Waals surface area contributed by atoms with Crippen molar-refractivity contribution in [3.63, 3.8) is 0 Å². The van der Waals surface area contributed by atoms with Crippen LogP contribution in [0.5, 0.6) is 0 Å². The molecule has 0 saturated carbocycles. The molecule has 0 aromatic rings. The van der Waals surface area contributed by atoms with Crippen LogP contribution in [0.3, 0.4) is 0 Å². The van der Waals surface area contributed by atoms with Crippen LogP contribution in [0, 0.1) is 0 Å². The van der Waals surface area contributed by atoms with Gasteiger partial charge in [0.1, 0.15) is 12.3 Å². The van der Waals surface area contributed by atoms with Crippen LogP contribution in [-0.2, 0) is 33.2 Å². The van der Waals surface area contributed by atoms with Crippen molar-refractivity contribution in [2.75, 3.05) is 72.7 Å². The molecule has 7 nitrogen and oxygen atoms in total. The Morgan fingerprint density at radius 1 is 0.680 bits per heavy atom. The Balaban J connectivity index is 3.13. The van der Waals surface area contributed by atoms with E-state index in [4.69, 9.17) is 28.4 Å². The summed E-state index contributed by atoms with van der Waals surface area (Å²) in [5.41, 5.74) is -0.464. The molecule has 0 amide bonds. The van der Waals surface area contributed by atoms with Gasteiger partial charge in [-0.1, -0.05) is 0 Å². The quantitative estimate of drug-likeness (QED) is 0.286. The van der Waals surface area contributed by atoms with E-state index in [0.717, 1.165) is 0 Å². The third-order valence-electron chi connectivity index (χ3n) is 2.58. The van der Waals surface area contributed by atoms with E-state index in [0.29, 0.717) is 59.5 Å². The van der Waals surface area contributed by atoms with Crippen LogP contribution < -0.4 is 0 Å². The summed E-state index contributed by atoms with van der Waals surface area (Å²) in [6, 6.07) is 0. The van der Waals surface area contributed by atoms with Crippen LogP contribution in [0.15, 0.2) is 0 Å². The average molecular weight is 368 g/mol. The van der Waals surface area contributed by atoms with Crippen LogP contribution in [0.25, 0.3) is 0 Å². The fourth-order valence-electron chi connectivity index (χ4n) is 1.58. The van der Waals surface area contributed by atoms with Crippen molar-refractivity contribution in [1.29, 1.82) is 0 Å². The number of halogens is 1. The van der Waals surface area contributed by atoms with Crippen LogP contribution in [0.1, 0.15) is 27.2 Å². The standard InChI is InChI=1S/C17H33FO7/c1-17(2,3)25-16(19)4-6-20-8-10-22-12-14-24-15-13-23-11-9-21-7-5-18/h4-15H2,1-3H3. The van der Waals surface area contributed by atoms with Crippen LogP contribution in [0.2, 0.25) is 0 Å². The Morgan fingerprint density at radius 3 is 1.40 bits per heavy atom. The Labute approximate surface area is 150 Å². The van der Waals surface area contributed by atoms with Crippen molar-refractivity contribution in [2.45, 2.75) is 32.8 Å². The maximum atomic E-state index is 11.7. The summed E-state index contributed by atoms with van der Waals surface area (Å²) in [6.45, 7) is 9.01. The molecule has 0 aromatic heterocycles. The summed E-state index contributed by atoms with van der Waals surface area (Å²) < 4.78 is 43.0. The molecule has 0 fully saturated rings. The van der Waals surface area contributed by atoms with E-state index in [2.05, 4.69) is 0 Å². The fraction of sp³-hybridized carbons (Fsp3) is 0.941. The lowest BCUT2D eigenvalue weighted by molar-refractivity contribution is -0.156. The van der Waals surface area contributed by atoms with Crippen molar-refractivity contribution in [3.05, 3.63) is 0 Å². The summed E-state index contributed by atoms with van der Waals surface area (Å²) in [6.07, 6.45) is 0.235. The smallest absolute Gasteiger partial charge is 0.308 e. The zero-order valence-corrected chi connectivity index (χ0v) is 15.7. The molecule has 0 bridgehead atoms. The minimum absolute atomic E-state index is 0.113. The van der Waals surface area contributed by atoms with Gasteiger partial charge in [-0.15, -0.1) is 0 Å². The highest BCUT2D eigenvalue weighted by molar-refractivity contribution is 5.69. The Bertz CT molecular complexity index is 308. The number of ether oxygens (including phenoxy) is 6. The molecule has 0 N–H and O–H groups in total. The van der Waals surface area contributed by atoms with Gasteiger partial charge in [0, 0.05) is 0 Å². The van der Waals surface area contributed by atoms with Gasteiger partial charge in [-0.2, -0.15) is 0 Å². The lowest BCUT2D eigenvalue weighted by atomic mass is 10.2. The molecule has 0 aliphatic carbocycles. The summed E-state index contributed by atoms with van der Waals surface area (Å²) in [5, 5.41) is 0. The predicted octanol–water partition coefficient (Wildman–Crippen LogP) is 1.77. The molecule has 0 unspecified atom stereocenters. The Hall–Kier alpha value is -0.800. The minimum atomic E-state index is -0.474. The number of alkyl halides is 1. The van der Waals surface area contributed by atoms with Gasteiger partial charge in [0.2, 0.25) is 0 Å². The first-order valence-electron chi connectivity index (χ1n) is 8.62. The first kappa shape index (κ1) is 24.2. The molecule has 0 rings (SSSR count). The molecular formula is C17H33FO7. The van der Waals surface area contributed by atoms with Gasteiger partial charge in [0.05, 0.1) is 72.5 Å². The van der Waals surface area contributed by atoms with Crippen molar-refractivity contribution in [1.82, 2.24) is 0 Å². The van der Waals surface area contributed by atoms with Gasteiger partial charge in [0.25, 0.3) is 0 Å². The third-order valence-corrected chi connectivity index (χ3v) is 2.58. The van der Waals surface area contributed by atoms with Gasteiger partial charge in [-0.05, 0) is 20.8 Å². The van der Waals surface area contributed by atoms with Crippen LogP contribution in [-0.4, -0.2) is 84.3 Å². The first-order valence-corrected chi connectivity index (χ1v) is 8.62. The van der Waals surface area contributed by atoms with E-state index in [1.807, 2.05) is 20.8 Å². The highest BCUT2D eigenvalue weighted by Crippen LogP contribution is 2.07. The largest absolute Gasteiger partial charge is 0.460 e. The molecule has 0 aliphatic rings. The highest BCUT2D eigenvalue weighted by Gasteiger charge is 2.15. The number of esters is 1. The Morgan fingerprint density at radius 2 is 1.04 bits per heavy atom. The maximum Gasteiger partial charge on any atom is 0.308 e. The molecule has 25 heavy (non-hydrogen) atoms. The number of carbonyl (C=O) groups excluding carboxylic acids is 1. The molecule has 0 atom stereocenters. The van der Waals surface area contributed by atoms with Gasteiger partial charge in [-0.3, -0.25) is 4.79 Å². The van der Waals surface area contributed by atoms with E-state index in [1.165, 1.54) is 0 Å². The summed E-state index contributed by atoms with van der Waals surface area (Å²) in [5.74, 6) is -0.266. The van der Waals surface area contributed by atoms with E-state index in [9.17, 15) is 9.18 Å². The fourth-order valence-corrected chi connectivity index (χ4v) is 1.58. The summed E-state index contributed by atoms with van der Waals surface area (Å²) in [7, 11) is 0. The first-order chi connectivity index (χ1) is 12.0.